The number of phenolic OH excluding ortho intramolecular Hbond substituents is 1. The van der Waals surface area contributed by atoms with Crippen LogP contribution in [0.2, 0.25) is 0 Å². The van der Waals surface area contributed by atoms with Crippen molar-refractivity contribution < 1.29 is 9.50 Å². The van der Waals surface area contributed by atoms with Crippen LogP contribution in [0.5, 0.6) is 5.75 Å². The fraction of sp³-hybridized carbons (Fsp3) is 0.455. The Morgan fingerprint density at radius 3 is 2.69 bits per heavy atom. The number of halogens is 3. The van der Waals surface area contributed by atoms with E-state index in [1.807, 2.05) is 0 Å². The van der Waals surface area contributed by atoms with Gasteiger partial charge in [-0.1, -0.05) is 28.8 Å². The van der Waals surface area contributed by atoms with Gasteiger partial charge in [-0.25, -0.2) is 4.39 Å². The molecule has 90 valence electrons. The van der Waals surface area contributed by atoms with Crippen LogP contribution in [0, 0.1) is 11.7 Å². The molecule has 0 radical (unpaired) electrons. The molecule has 1 aliphatic carbocycles. The van der Waals surface area contributed by atoms with E-state index in [0.29, 0.717) is 16.0 Å². The summed E-state index contributed by atoms with van der Waals surface area (Å²) in [6.07, 6.45) is 3.21. The molecule has 1 atom stereocenters. The first-order valence-electron chi connectivity index (χ1n) is 5.02. The normalized spacial score (nSPS) is 16.7. The van der Waals surface area contributed by atoms with E-state index in [1.54, 1.807) is 6.07 Å². The molecule has 0 bridgehead atoms. The molecule has 0 spiro atoms. The smallest absolute Gasteiger partial charge is 0.165 e. The maximum Gasteiger partial charge on any atom is 0.165 e. The molecule has 0 aromatic heterocycles. The number of hydrogen-bond donors (Lipinski definition) is 2. The highest BCUT2D eigenvalue weighted by molar-refractivity contribution is 9.10. The second-order valence-electron chi connectivity index (χ2n) is 4.08. The molecule has 1 aliphatic rings. The molecule has 2 nitrogen and oxygen atoms in total. The van der Waals surface area contributed by atoms with Gasteiger partial charge in [0.25, 0.3) is 0 Å². The van der Waals surface area contributed by atoms with Crippen molar-refractivity contribution in [3.05, 3.63) is 28.0 Å². The SMILES string of the molecule is Cl.N[C@H](CC1CC1)c1c(Br)ccc(F)c1O. The third-order valence-corrected chi connectivity index (χ3v) is 3.46. The first-order chi connectivity index (χ1) is 7.09. The Kier molecular flexibility index (Phi) is 4.59. The zero-order valence-electron chi connectivity index (χ0n) is 8.62. The first kappa shape index (κ1) is 13.7. The van der Waals surface area contributed by atoms with Gasteiger partial charge in [-0.15, -0.1) is 12.4 Å². The van der Waals surface area contributed by atoms with E-state index in [2.05, 4.69) is 15.9 Å². The van der Waals surface area contributed by atoms with Gasteiger partial charge in [-0.3, -0.25) is 0 Å². The minimum Gasteiger partial charge on any atom is -0.505 e. The molecular weight excluding hydrogens is 296 g/mol. The van der Waals surface area contributed by atoms with Crippen molar-refractivity contribution in [2.45, 2.75) is 25.3 Å². The Balaban J connectivity index is 0.00000128. The fourth-order valence-corrected chi connectivity index (χ4v) is 2.35. The second kappa shape index (κ2) is 5.34. The van der Waals surface area contributed by atoms with Crippen LogP contribution < -0.4 is 5.73 Å². The van der Waals surface area contributed by atoms with Crippen LogP contribution in [0.4, 0.5) is 4.39 Å². The predicted octanol–water partition coefficient (Wildman–Crippen LogP) is 3.52. The molecule has 0 unspecified atom stereocenters. The lowest BCUT2D eigenvalue weighted by atomic mass is 10.0. The standard InChI is InChI=1S/C11H13BrFNO.ClH/c12-7-3-4-8(13)11(15)10(7)9(14)5-6-1-2-6;/h3-4,6,9,15H,1-2,5,14H2;1H/t9-;/m1./s1. The van der Waals surface area contributed by atoms with Gasteiger partial charge in [0.15, 0.2) is 11.6 Å². The van der Waals surface area contributed by atoms with Gasteiger partial charge >= 0.3 is 0 Å². The Labute approximate surface area is 109 Å². The quantitative estimate of drug-likeness (QED) is 0.897. The Hall–Kier alpha value is -0.320. The summed E-state index contributed by atoms with van der Waals surface area (Å²) in [5, 5.41) is 9.60. The van der Waals surface area contributed by atoms with E-state index in [-0.39, 0.29) is 24.2 Å². The summed E-state index contributed by atoms with van der Waals surface area (Å²) >= 11 is 3.29. The van der Waals surface area contributed by atoms with Crippen molar-refractivity contribution >= 4 is 28.3 Å². The minimum absolute atomic E-state index is 0. The summed E-state index contributed by atoms with van der Waals surface area (Å²) < 4.78 is 13.8. The maximum atomic E-state index is 13.1. The summed E-state index contributed by atoms with van der Waals surface area (Å²) in [5.41, 5.74) is 6.44. The molecule has 1 fully saturated rings. The number of aromatic hydroxyl groups is 1. The van der Waals surface area contributed by atoms with Crippen LogP contribution in [-0.2, 0) is 0 Å². The highest BCUT2D eigenvalue weighted by Crippen LogP contribution is 2.41. The minimum atomic E-state index is -0.612. The van der Waals surface area contributed by atoms with Crippen molar-refractivity contribution in [3.63, 3.8) is 0 Å². The number of benzene rings is 1. The lowest BCUT2D eigenvalue weighted by molar-refractivity contribution is 0.416. The van der Waals surface area contributed by atoms with E-state index in [9.17, 15) is 9.50 Å². The Morgan fingerprint density at radius 1 is 1.50 bits per heavy atom. The largest absolute Gasteiger partial charge is 0.505 e. The van der Waals surface area contributed by atoms with Crippen molar-refractivity contribution in [3.8, 4) is 5.75 Å². The average Bonchev–Trinajstić information content (AvgIpc) is 2.96. The Morgan fingerprint density at radius 2 is 2.12 bits per heavy atom. The molecule has 3 N–H and O–H groups in total. The topological polar surface area (TPSA) is 46.2 Å². The van der Waals surface area contributed by atoms with Crippen LogP contribution in [0.15, 0.2) is 16.6 Å². The van der Waals surface area contributed by atoms with Crippen molar-refractivity contribution in [2.24, 2.45) is 11.7 Å². The highest BCUT2D eigenvalue weighted by atomic mass is 79.9. The van der Waals surface area contributed by atoms with E-state index >= 15 is 0 Å². The summed E-state index contributed by atoms with van der Waals surface area (Å²) in [7, 11) is 0. The van der Waals surface area contributed by atoms with Crippen LogP contribution in [0.1, 0.15) is 30.9 Å². The third kappa shape index (κ3) is 2.87. The van der Waals surface area contributed by atoms with E-state index < -0.39 is 5.82 Å². The van der Waals surface area contributed by atoms with Gasteiger partial charge in [0, 0.05) is 16.1 Å². The van der Waals surface area contributed by atoms with E-state index in [0.717, 1.165) is 6.42 Å². The zero-order valence-corrected chi connectivity index (χ0v) is 11.0. The summed E-state index contributed by atoms with van der Waals surface area (Å²) in [5.74, 6) is -0.286. The molecule has 1 aromatic rings. The van der Waals surface area contributed by atoms with Gasteiger partial charge in [-0.2, -0.15) is 0 Å². The summed E-state index contributed by atoms with van der Waals surface area (Å²) in [4.78, 5) is 0. The number of rotatable bonds is 3. The van der Waals surface area contributed by atoms with Crippen molar-refractivity contribution in [2.75, 3.05) is 0 Å². The molecule has 0 saturated heterocycles. The molecule has 0 aliphatic heterocycles. The molecular formula is C11H14BrClFNO. The number of nitrogens with two attached hydrogens (primary N) is 1. The lowest BCUT2D eigenvalue weighted by Gasteiger charge is -2.15. The third-order valence-electron chi connectivity index (χ3n) is 2.77. The number of phenols is 1. The van der Waals surface area contributed by atoms with Crippen molar-refractivity contribution in [1.29, 1.82) is 0 Å². The number of hydrogen-bond acceptors (Lipinski definition) is 2. The monoisotopic (exact) mass is 309 g/mol. The average molecular weight is 311 g/mol. The summed E-state index contributed by atoms with van der Waals surface area (Å²) in [6.45, 7) is 0. The first-order valence-corrected chi connectivity index (χ1v) is 5.81. The van der Waals surface area contributed by atoms with Gasteiger partial charge < -0.3 is 10.8 Å². The van der Waals surface area contributed by atoms with Gasteiger partial charge in [0.2, 0.25) is 0 Å². The van der Waals surface area contributed by atoms with Crippen LogP contribution >= 0.6 is 28.3 Å². The van der Waals surface area contributed by atoms with Gasteiger partial charge in [0.1, 0.15) is 0 Å². The molecule has 16 heavy (non-hydrogen) atoms. The molecule has 0 amide bonds. The summed E-state index contributed by atoms with van der Waals surface area (Å²) in [6, 6.07) is 2.52. The predicted molar refractivity (Wildman–Crippen MR) is 67.3 cm³/mol. The second-order valence-corrected chi connectivity index (χ2v) is 4.93. The van der Waals surface area contributed by atoms with Crippen molar-refractivity contribution in [1.82, 2.24) is 0 Å². The van der Waals surface area contributed by atoms with E-state index in [1.165, 1.54) is 18.9 Å². The van der Waals surface area contributed by atoms with Crippen LogP contribution in [0.25, 0.3) is 0 Å². The highest BCUT2D eigenvalue weighted by Gasteiger charge is 2.27. The maximum absolute atomic E-state index is 13.1. The van der Waals surface area contributed by atoms with Crippen LogP contribution in [-0.4, -0.2) is 5.11 Å². The lowest BCUT2D eigenvalue weighted by Crippen LogP contribution is -2.12. The molecule has 5 heteroatoms. The van der Waals surface area contributed by atoms with Crippen LogP contribution in [0.3, 0.4) is 0 Å². The molecule has 0 heterocycles. The van der Waals surface area contributed by atoms with Gasteiger partial charge in [0.05, 0.1) is 0 Å². The van der Waals surface area contributed by atoms with E-state index in [4.69, 9.17) is 5.73 Å². The molecule has 2 rings (SSSR count). The fourth-order valence-electron chi connectivity index (χ4n) is 1.74. The van der Waals surface area contributed by atoms with Gasteiger partial charge in [-0.05, 0) is 24.5 Å². The Bertz CT molecular complexity index is 384. The zero-order chi connectivity index (χ0) is 11.0. The molecule has 1 saturated carbocycles. The molecule has 1 aromatic carbocycles.